The summed E-state index contributed by atoms with van der Waals surface area (Å²) >= 11 is 0. The predicted octanol–water partition coefficient (Wildman–Crippen LogP) is 3.29. The minimum Gasteiger partial charge on any atom is -0.475 e. The van der Waals surface area contributed by atoms with Gasteiger partial charge in [-0.25, -0.2) is 4.79 Å². The normalized spacial score (nSPS) is 8.43. The smallest absolute Gasteiger partial charge is 0.371 e. The molecule has 1 aromatic heterocycles. The number of furan rings is 1. The van der Waals surface area contributed by atoms with Crippen molar-refractivity contribution in [1.82, 2.24) is 0 Å². The van der Waals surface area contributed by atoms with Crippen molar-refractivity contribution in [3.63, 3.8) is 0 Å². The third-order valence-electron chi connectivity index (χ3n) is 1.41. The van der Waals surface area contributed by atoms with Gasteiger partial charge in [0.15, 0.2) is 0 Å². The molecule has 0 aromatic carbocycles. The van der Waals surface area contributed by atoms with Crippen LogP contribution < -0.4 is 0 Å². The summed E-state index contributed by atoms with van der Waals surface area (Å²) in [5.41, 5.74) is 0.641. The first-order valence-electron chi connectivity index (χ1n) is 4.31. The second-order valence-electron chi connectivity index (χ2n) is 2.14. The van der Waals surface area contributed by atoms with Gasteiger partial charge in [-0.3, -0.25) is 0 Å². The minimum absolute atomic E-state index is 0.0974. The number of carbonyl (C=O) groups is 1. The highest BCUT2D eigenvalue weighted by molar-refractivity contribution is 5.86. The Balaban J connectivity index is 0.000000791. The molecule has 0 radical (unpaired) electrons. The molecule has 0 atom stereocenters. The summed E-state index contributed by atoms with van der Waals surface area (Å²) < 4.78 is 4.93. The Labute approximate surface area is 83.4 Å². The fourth-order valence-electron chi connectivity index (χ4n) is 0.844. The number of rotatable bonds is 3. The second kappa shape index (κ2) is 5.80. The summed E-state index contributed by atoms with van der Waals surface area (Å²) in [6, 6.07) is 1.41. The number of aromatic carboxylic acids is 1. The third-order valence-corrected chi connectivity index (χ3v) is 1.41. The van der Waals surface area contributed by atoms with Gasteiger partial charge in [0.25, 0.3) is 0 Å². The molecule has 0 aliphatic carbocycles. The zero-order valence-electron chi connectivity index (χ0n) is 8.41. The van der Waals surface area contributed by atoms with E-state index in [1.165, 1.54) is 18.2 Å². The van der Waals surface area contributed by atoms with Crippen molar-refractivity contribution in [1.29, 1.82) is 0 Å². The molecule has 1 N–H and O–H groups in total. The lowest BCUT2D eigenvalue weighted by atomic mass is 10.2. The summed E-state index contributed by atoms with van der Waals surface area (Å²) in [4.78, 5) is 10.4. The first-order valence-corrected chi connectivity index (χ1v) is 4.31. The van der Waals surface area contributed by atoms with Crippen LogP contribution in [-0.4, -0.2) is 11.1 Å². The summed E-state index contributed by atoms with van der Waals surface area (Å²) in [6.45, 7) is 11.0. The molecule has 0 spiro atoms. The van der Waals surface area contributed by atoms with E-state index in [0.29, 0.717) is 11.3 Å². The van der Waals surface area contributed by atoms with E-state index < -0.39 is 5.97 Å². The third kappa shape index (κ3) is 2.62. The summed E-state index contributed by atoms with van der Waals surface area (Å²) in [7, 11) is 0. The Morgan fingerprint density at radius 3 is 2.29 bits per heavy atom. The van der Waals surface area contributed by atoms with Gasteiger partial charge in [0, 0.05) is 5.56 Å². The molecule has 3 heteroatoms. The van der Waals surface area contributed by atoms with E-state index in [9.17, 15) is 4.79 Å². The molecular formula is C11H14O3. The highest BCUT2D eigenvalue weighted by Gasteiger charge is 2.11. The largest absolute Gasteiger partial charge is 0.475 e. The van der Waals surface area contributed by atoms with Gasteiger partial charge >= 0.3 is 5.97 Å². The maximum Gasteiger partial charge on any atom is 0.371 e. The van der Waals surface area contributed by atoms with Gasteiger partial charge in [0.1, 0.15) is 5.76 Å². The molecule has 0 saturated carbocycles. The maximum atomic E-state index is 10.4. The highest BCUT2D eigenvalue weighted by Crippen LogP contribution is 2.17. The zero-order chi connectivity index (χ0) is 11.1. The summed E-state index contributed by atoms with van der Waals surface area (Å²) in [5, 5.41) is 8.55. The number of hydrogen-bond acceptors (Lipinski definition) is 2. The molecule has 1 aromatic rings. The van der Waals surface area contributed by atoms with Crippen molar-refractivity contribution in [2.24, 2.45) is 0 Å². The van der Waals surface area contributed by atoms with Crippen molar-refractivity contribution in [3.8, 4) is 0 Å². The van der Waals surface area contributed by atoms with Crippen LogP contribution in [0.2, 0.25) is 0 Å². The first kappa shape index (κ1) is 12.2. The van der Waals surface area contributed by atoms with Gasteiger partial charge in [-0.05, 0) is 12.1 Å². The summed E-state index contributed by atoms with van der Waals surface area (Å²) in [5.74, 6) is -0.756. The standard InChI is InChI=1S/C9H8O3.C2H6/c1-3-6-5-8(9(10)11)12-7(6)4-2;1-2/h3-5H,1-2H2,(H,10,11);1-2H3. The van der Waals surface area contributed by atoms with Crippen molar-refractivity contribution < 1.29 is 14.3 Å². The van der Waals surface area contributed by atoms with Gasteiger partial charge in [0.05, 0.1) is 0 Å². The van der Waals surface area contributed by atoms with Crippen LogP contribution in [0.1, 0.15) is 35.7 Å². The predicted molar refractivity (Wildman–Crippen MR) is 57.2 cm³/mol. The molecule has 0 aliphatic rings. The van der Waals surface area contributed by atoms with Crippen LogP contribution in [0.25, 0.3) is 12.2 Å². The van der Waals surface area contributed by atoms with Gasteiger partial charge in [-0.15, -0.1) is 0 Å². The molecule has 1 heterocycles. The molecule has 1 rings (SSSR count). The van der Waals surface area contributed by atoms with Gasteiger partial charge in [-0.1, -0.05) is 33.1 Å². The number of hydrogen-bond donors (Lipinski definition) is 1. The van der Waals surface area contributed by atoms with Crippen molar-refractivity contribution in [2.75, 3.05) is 0 Å². The molecule has 0 bridgehead atoms. The molecule has 0 aliphatic heterocycles. The van der Waals surface area contributed by atoms with Gasteiger partial charge in [0.2, 0.25) is 5.76 Å². The molecule has 0 fully saturated rings. The topological polar surface area (TPSA) is 50.4 Å². The Morgan fingerprint density at radius 2 is 2.00 bits per heavy atom. The fraction of sp³-hybridized carbons (Fsp3) is 0.182. The Hall–Kier alpha value is -1.77. The Morgan fingerprint density at radius 1 is 1.43 bits per heavy atom. The molecule has 3 nitrogen and oxygen atoms in total. The Kier molecular flexibility index (Phi) is 5.07. The van der Waals surface area contributed by atoms with E-state index in [1.807, 2.05) is 13.8 Å². The van der Waals surface area contributed by atoms with Crippen LogP contribution >= 0.6 is 0 Å². The van der Waals surface area contributed by atoms with Gasteiger partial charge < -0.3 is 9.52 Å². The number of carboxylic acids is 1. The molecule has 0 amide bonds. The van der Waals surface area contributed by atoms with Crippen molar-refractivity contribution in [3.05, 3.63) is 36.3 Å². The van der Waals surface area contributed by atoms with E-state index in [0.717, 1.165) is 0 Å². The minimum atomic E-state index is -1.09. The second-order valence-corrected chi connectivity index (χ2v) is 2.14. The van der Waals surface area contributed by atoms with Crippen LogP contribution in [-0.2, 0) is 0 Å². The zero-order valence-corrected chi connectivity index (χ0v) is 8.41. The first-order chi connectivity index (χ1) is 6.69. The van der Waals surface area contributed by atoms with Crippen molar-refractivity contribution in [2.45, 2.75) is 13.8 Å². The quantitative estimate of drug-likeness (QED) is 0.803. The lowest BCUT2D eigenvalue weighted by Gasteiger charge is -1.85. The van der Waals surface area contributed by atoms with E-state index in [2.05, 4.69) is 13.2 Å². The van der Waals surface area contributed by atoms with Crippen LogP contribution in [0.4, 0.5) is 0 Å². The number of carboxylic acid groups (broad SMARTS) is 1. The molecule has 0 unspecified atom stereocenters. The molecular weight excluding hydrogens is 180 g/mol. The van der Waals surface area contributed by atoms with Crippen LogP contribution in [0.5, 0.6) is 0 Å². The van der Waals surface area contributed by atoms with E-state index in [1.54, 1.807) is 0 Å². The molecule has 76 valence electrons. The average Bonchev–Trinajstić information content (AvgIpc) is 2.63. The van der Waals surface area contributed by atoms with Gasteiger partial charge in [-0.2, -0.15) is 0 Å². The monoisotopic (exact) mass is 194 g/mol. The van der Waals surface area contributed by atoms with E-state index >= 15 is 0 Å². The van der Waals surface area contributed by atoms with Crippen molar-refractivity contribution >= 4 is 18.1 Å². The lowest BCUT2D eigenvalue weighted by molar-refractivity contribution is 0.0662. The van der Waals surface area contributed by atoms with Crippen LogP contribution in [0.15, 0.2) is 23.6 Å². The average molecular weight is 194 g/mol. The molecule has 14 heavy (non-hydrogen) atoms. The summed E-state index contributed by atoms with van der Waals surface area (Å²) in [6.07, 6.45) is 2.97. The maximum absolute atomic E-state index is 10.4. The lowest BCUT2D eigenvalue weighted by Crippen LogP contribution is -1.91. The highest BCUT2D eigenvalue weighted by atomic mass is 16.4. The van der Waals surface area contributed by atoms with Crippen LogP contribution in [0.3, 0.4) is 0 Å². The SMILES string of the molecule is C=Cc1cc(C(=O)O)oc1C=C.CC. The van der Waals surface area contributed by atoms with E-state index in [-0.39, 0.29) is 5.76 Å². The van der Waals surface area contributed by atoms with E-state index in [4.69, 9.17) is 9.52 Å². The van der Waals surface area contributed by atoms with Crippen LogP contribution in [0, 0.1) is 0 Å². The molecule has 0 saturated heterocycles. The Bertz CT molecular complexity index is 309. The fourth-order valence-corrected chi connectivity index (χ4v) is 0.844.